The highest BCUT2D eigenvalue weighted by Gasteiger charge is 2.13. The molecular formula is C12H19NS. The van der Waals surface area contributed by atoms with E-state index in [2.05, 4.69) is 22.8 Å². The average molecular weight is 209 g/mol. The van der Waals surface area contributed by atoms with Gasteiger partial charge in [-0.25, -0.2) is 0 Å². The van der Waals surface area contributed by atoms with Crippen LogP contribution in [0.25, 0.3) is 0 Å². The van der Waals surface area contributed by atoms with Crippen LogP contribution in [0.15, 0.2) is 17.5 Å². The van der Waals surface area contributed by atoms with Crippen molar-refractivity contribution >= 4 is 11.3 Å². The Hall–Kier alpha value is -0.340. The molecule has 78 valence electrons. The molecule has 2 heteroatoms. The quantitative estimate of drug-likeness (QED) is 0.733. The molecule has 1 aliphatic rings. The summed E-state index contributed by atoms with van der Waals surface area (Å²) in [6.45, 7) is 2.26. The summed E-state index contributed by atoms with van der Waals surface area (Å²) in [5.74, 6) is 1.02. The number of hydrogen-bond acceptors (Lipinski definition) is 2. The van der Waals surface area contributed by atoms with E-state index in [9.17, 15) is 0 Å². The van der Waals surface area contributed by atoms with Crippen molar-refractivity contribution in [2.24, 2.45) is 5.92 Å². The van der Waals surface area contributed by atoms with E-state index in [-0.39, 0.29) is 0 Å². The molecule has 14 heavy (non-hydrogen) atoms. The molecule has 1 aromatic rings. The summed E-state index contributed by atoms with van der Waals surface area (Å²) in [6.07, 6.45) is 7.26. The predicted octanol–water partition coefficient (Wildman–Crippen LogP) is 3.42. The summed E-state index contributed by atoms with van der Waals surface area (Å²) in [6, 6.07) is 4.33. The van der Waals surface area contributed by atoms with Gasteiger partial charge in [-0.3, -0.25) is 0 Å². The van der Waals surface area contributed by atoms with Crippen molar-refractivity contribution in [1.29, 1.82) is 0 Å². The second-order valence-corrected chi connectivity index (χ2v) is 5.23. The Balaban J connectivity index is 1.55. The molecule has 0 amide bonds. The Morgan fingerprint density at radius 3 is 2.93 bits per heavy atom. The first-order chi connectivity index (χ1) is 6.95. The topological polar surface area (TPSA) is 12.0 Å². The van der Waals surface area contributed by atoms with Gasteiger partial charge in [-0.2, -0.15) is 0 Å². The Bertz CT molecular complexity index is 237. The van der Waals surface area contributed by atoms with Gasteiger partial charge in [-0.05, 0) is 30.3 Å². The largest absolute Gasteiger partial charge is 0.312 e. The third kappa shape index (κ3) is 3.10. The van der Waals surface area contributed by atoms with Crippen LogP contribution in [0.5, 0.6) is 0 Å². The molecule has 0 bridgehead atoms. The summed E-state index contributed by atoms with van der Waals surface area (Å²) in [5.41, 5.74) is 0. The summed E-state index contributed by atoms with van der Waals surface area (Å²) in [4.78, 5) is 1.46. The minimum atomic E-state index is 1.02. The third-order valence-electron chi connectivity index (χ3n) is 3.08. The van der Waals surface area contributed by atoms with Gasteiger partial charge in [0.05, 0.1) is 0 Å². The van der Waals surface area contributed by atoms with Gasteiger partial charge in [-0.1, -0.05) is 31.7 Å². The molecule has 1 heterocycles. The second kappa shape index (κ2) is 5.52. The fraction of sp³-hybridized carbons (Fsp3) is 0.667. The highest BCUT2D eigenvalue weighted by molar-refractivity contribution is 7.09. The van der Waals surface area contributed by atoms with Crippen LogP contribution in [-0.2, 0) is 6.54 Å². The molecule has 1 nitrogen and oxygen atoms in total. The van der Waals surface area contributed by atoms with E-state index in [4.69, 9.17) is 0 Å². The molecule has 0 atom stereocenters. The second-order valence-electron chi connectivity index (χ2n) is 4.20. The van der Waals surface area contributed by atoms with Crippen LogP contribution in [0.3, 0.4) is 0 Å². The zero-order chi connectivity index (χ0) is 9.64. The standard InChI is InChI=1S/C12H19NS/c1-2-5-11(4-1)7-8-13-10-12-6-3-9-14-12/h3,6,9,11,13H,1-2,4-5,7-8,10H2. The highest BCUT2D eigenvalue weighted by Crippen LogP contribution is 2.26. The van der Waals surface area contributed by atoms with Gasteiger partial charge in [0.1, 0.15) is 0 Å². The zero-order valence-corrected chi connectivity index (χ0v) is 9.48. The van der Waals surface area contributed by atoms with Crippen molar-refractivity contribution in [3.8, 4) is 0 Å². The lowest BCUT2D eigenvalue weighted by Crippen LogP contribution is -2.16. The van der Waals surface area contributed by atoms with E-state index in [0.717, 1.165) is 12.5 Å². The fourth-order valence-electron chi connectivity index (χ4n) is 2.23. The lowest BCUT2D eigenvalue weighted by atomic mass is 10.0. The van der Waals surface area contributed by atoms with Crippen LogP contribution in [0, 0.1) is 5.92 Å². The van der Waals surface area contributed by atoms with E-state index in [1.54, 1.807) is 0 Å². The molecule has 2 rings (SSSR count). The maximum atomic E-state index is 3.53. The Morgan fingerprint density at radius 1 is 1.36 bits per heavy atom. The van der Waals surface area contributed by atoms with E-state index in [0.29, 0.717) is 0 Å². The lowest BCUT2D eigenvalue weighted by molar-refractivity contribution is 0.478. The molecule has 0 radical (unpaired) electrons. The molecule has 1 saturated carbocycles. The van der Waals surface area contributed by atoms with Gasteiger partial charge in [0.25, 0.3) is 0 Å². The van der Waals surface area contributed by atoms with Crippen LogP contribution >= 0.6 is 11.3 Å². The van der Waals surface area contributed by atoms with Gasteiger partial charge in [-0.15, -0.1) is 11.3 Å². The minimum absolute atomic E-state index is 1.02. The van der Waals surface area contributed by atoms with Crippen LogP contribution in [-0.4, -0.2) is 6.54 Å². The van der Waals surface area contributed by atoms with Gasteiger partial charge in [0.15, 0.2) is 0 Å². The normalized spacial score (nSPS) is 17.7. The highest BCUT2D eigenvalue weighted by atomic mass is 32.1. The maximum absolute atomic E-state index is 3.53. The van der Waals surface area contributed by atoms with Crippen LogP contribution < -0.4 is 5.32 Å². The Labute approximate surface area is 90.5 Å². The van der Waals surface area contributed by atoms with E-state index >= 15 is 0 Å². The van der Waals surface area contributed by atoms with Crippen molar-refractivity contribution in [3.63, 3.8) is 0 Å². The Kier molecular flexibility index (Phi) is 4.02. The van der Waals surface area contributed by atoms with Crippen molar-refractivity contribution < 1.29 is 0 Å². The van der Waals surface area contributed by atoms with E-state index in [1.165, 1.54) is 43.5 Å². The molecule has 1 fully saturated rings. The smallest absolute Gasteiger partial charge is 0.0299 e. The maximum Gasteiger partial charge on any atom is 0.0299 e. The predicted molar refractivity (Wildman–Crippen MR) is 62.6 cm³/mol. The first-order valence-corrected chi connectivity index (χ1v) is 6.56. The van der Waals surface area contributed by atoms with Crippen molar-refractivity contribution in [1.82, 2.24) is 5.32 Å². The summed E-state index contributed by atoms with van der Waals surface area (Å²) in [7, 11) is 0. The molecule has 0 aliphatic heterocycles. The summed E-state index contributed by atoms with van der Waals surface area (Å²) < 4.78 is 0. The van der Waals surface area contributed by atoms with Crippen LogP contribution in [0.1, 0.15) is 37.0 Å². The van der Waals surface area contributed by atoms with Crippen LogP contribution in [0.4, 0.5) is 0 Å². The fourth-order valence-corrected chi connectivity index (χ4v) is 2.90. The monoisotopic (exact) mass is 209 g/mol. The molecule has 0 aromatic carbocycles. The SMILES string of the molecule is c1csc(CNCCC2CCCC2)c1. The molecule has 1 aliphatic carbocycles. The molecule has 0 saturated heterocycles. The van der Waals surface area contributed by atoms with Gasteiger partial charge >= 0.3 is 0 Å². The van der Waals surface area contributed by atoms with Gasteiger partial charge in [0.2, 0.25) is 0 Å². The number of thiophene rings is 1. The number of nitrogens with one attached hydrogen (secondary N) is 1. The molecule has 1 aromatic heterocycles. The number of rotatable bonds is 5. The van der Waals surface area contributed by atoms with Gasteiger partial charge < -0.3 is 5.32 Å². The van der Waals surface area contributed by atoms with Gasteiger partial charge in [0, 0.05) is 11.4 Å². The summed E-state index contributed by atoms with van der Waals surface area (Å²) >= 11 is 1.84. The first-order valence-electron chi connectivity index (χ1n) is 5.68. The average Bonchev–Trinajstić information content (AvgIpc) is 2.86. The number of hydrogen-bond donors (Lipinski definition) is 1. The van der Waals surface area contributed by atoms with Crippen LogP contribution in [0.2, 0.25) is 0 Å². The first kappa shape index (κ1) is 10.2. The minimum Gasteiger partial charge on any atom is -0.312 e. The van der Waals surface area contributed by atoms with Crippen molar-refractivity contribution in [2.75, 3.05) is 6.54 Å². The molecule has 0 spiro atoms. The van der Waals surface area contributed by atoms with E-state index in [1.807, 2.05) is 11.3 Å². The summed E-state index contributed by atoms with van der Waals surface area (Å²) in [5, 5.41) is 5.67. The molecule has 0 unspecified atom stereocenters. The zero-order valence-electron chi connectivity index (χ0n) is 8.67. The lowest BCUT2D eigenvalue weighted by Gasteiger charge is -2.08. The van der Waals surface area contributed by atoms with E-state index < -0.39 is 0 Å². The molecular weight excluding hydrogens is 190 g/mol. The van der Waals surface area contributed by atoms with Crippen molar-refractivity contribution in [3.05, 3.63) is 22.4 Å². The Morgan fingerprint density at radius 2 is 2.21 bits per heavy atom. The molecule has 1 N–H and O–H groups in total. The van der Waals surface area contributed by atoms with Crippen molar-refractivity contribution in [2.45, 2.75) is 38.6 Å². The third-order valence-corrected chi connectivity index (χ3v) is 3.96.